The van der Waals surface area contributed by atoms with Crippen molar-refractivity contribution in [3.63, 3.8) is 0 Å². The van der Waals surface area contributed by atoms with Crippen molar-refractivity contribution in [2.45, 2.75) is 89.9 Å². The Balaban J connectivity index is 1.72. The predicted octanol–water partition coefficient (Wildman–Crippen LogP) is 5.52. The van der Waals surface area contributed by atoms with Crippen LogP contribution in [-0.2, 0) is 14.0 Å². The van der Waals surface area contributed by atoms with Gasteiger partial charge in [-0.1, -0.05) is 66.7 Å². The summed E-state index contributed by atoms with van der Waals surface area (Å²) in [6.07, 6.45) is 1.48. The van der Waals surface area contributed by atoms with Crippen LogP contribution in [0.1, 0.15) is 71.5 Å². The van der Waals surface area contributed by atoms with Crippen LogP contribution in [0.25, 0.3) is 11.2 Å². The van der Waals surface area contributed by atoms with Gasteiger partial charge in [0.25, 0.3) is 5.91 Å². The van der Waals surface area contributed by atoms with Gasteiger partial charge in [-0.25, -0.2) is 15.0 Å². The van der Waals surface area contributed by atoms with Crippen molar-refractivity contribution in [2.75, 3.05) is 5.32 Å². The monoisotopic (exact) mass is 523 g/mol. The van der Waals surface area contributed by atoms with Crippen molar-refractivity contribution in [2.24, 2.45) is 0 Å². The SMILES string of the molecule is CC[C@H]1O[C@@H](n2cnc3c(NC(=O)c4ccccc4)ncnc32)[C@H](O[Si](C(C)C)(C(C)C)C(C)C)C1=O. The molecule has 3 atom stereocenters. The number of aromatic nitrogens is 4. The molecular formula is C27H37N5O4Si. The van der Waals surface area contributed by atoms with Gasteiger partial charge in [-0.15, -0.1) is 0 Å². The lowest BCUT2D eigenvalue weighted by Crippen LogP contribution is -2.52. The minimum atomic E-state index is -2.39. The average molecular weight is 524 g/mol. The van der Waals surface area contributed by atoms with E-state index >= 15 is 0 Å². The number of carbonyl (C=O) groups excluding carboxylic acids is 2. The molecule has 10 heteroatoms. The number of anilines is 1. The van der Waals surface area contributed by atoms with Crippen LogP contribution >= 0.6 is 0 Å². The Kier molecular flexibility index (Phi) is 7.91. The van der Waals surface area contributed by atoms with Gasteiger partial charge in [0.15, 0.2) is 35.1 Å². The van der Waals surface area contributed by atoms with Crippen LogP contribution in [0.5, 0.6) is 0 Å². The lowest BCUT2D eigenvalue weighted by molar-refractivity contribution is -0.126. The average Bonchev–Trinajstić information content (AvgIpc) is 3.43. The van der Waals surface area contributed by atoms with E-state index in [1.54, 1.807) is 35.2 Å². The van der Waals surface area contributed by atoms with Gasteiger partial charge < -0.3 is 14.5 Å². The first-order chi connectivity index (χ1) is 17.6. The fraction of sp³-hybridized carbons (Fsp3) is 0.519. The molecule has 198 valence electrons. The third-order valence-corrected chi connectivity index (χ3v) is 13.5. The summed E-state index contributed by atoms with van der Waals surface area (Å²) >= 11 is 0. The van der Waals surface area contributed by atoms with Crippen LogP contribution in [0.2, 0.25) is 16.6 Å². The Labute approximate surface area is 219 Å². The summed E-state index contributed by atoms with van der Waals surface area (Å²) in [5.41, 5.74) is 2.32. The van der Waals surface area contributed by atoms with E-state index < -0.39 is 26.8 Å². The second kappa shape index (κ2) is 10.8. The molecule has 1 N–H and O–H groups in total. The lowest BCUT2D eigenvalue weighted by Gasteiger charge is -2.44. The van der Waals surface area contributed by atoms with E-state index in [1.165, 1.54) is 6.33 Å². The molecule has 3 heterocycles. The fourth-order valence-corrected chi connectivity index (χ4v) is 11.3. The molecule has 0 bridgehead atoms. The van der Waals surface area contributed by atoms with Crippen molar-refractivity contribution in [3.8, 4) is 0 Å². The number of fused-ring (bicyclic) bond motifs is 1. The van der Waals surface area contributed by atoms with Gasteiger partial charge in [0.1, 0.15) is 12.4 Å². The number of ketones is 1. The first-order valence-corrected chi connectivity index (χ1v) is 15.2. The lowest BCUT2D eigenvalue weighted by atomic mass is 10.1. The second-order valence-corrected chi connectivity index (χ2v) is 16.0. The second-order valence-electron chi connectivity index (χ2n) is 10.5. The molecule has 0 saturated carbocycles. The number of carbonyl (C=O) groups is 2. The van der Waals surface area contributed by atoms with Crippen molar-refractivity contribution in [1.82, 2.24) is 19.5 Å². The van der Waals surface area contributed by atoms with Crippen LogP contribution < -0.4 is 5.32 Å². The first kappa shape index (κ1) is 27.1. The molecule has 0 spiro atoms. The minimum absolute atomic E-state index is 0.0418. The van der Waals surface area contributed by atoms with Crippen molar-refractivity contribution in [1.29, 1.82) is 0 Å². The Morgan fingerprint density at radius 1 is 1.05 bits per heavy atom. The number of nitrogens with zero attached hydrogens (tertiary/aromatic N) is 4. The van der Waals surface area contributed by atoms with E-state index in [0.29, 0.717) is 45.6 Å². The van der Waals surface area contributed by atoms with Crippen molar-refractivity contribution < 1.29 is 18.8 Å². The zero-order valence-electron chi connectivity index (χ0n) is 22.6. The molecule has 9 nitrogen and oxygen atoms in total. The fourth-order valence-electron chi connectivity index (χ4n) is 5.78. The smallest absolute Gasteiger partial charge is 0.256 e. The van der Waals surface area contributed by atoms with Gasteiger partial charge in [-0.05, 0) is 35.2 Å². The topological polar surface area (TPSA) is 108 Å². The first-order valence-electron chi connectivity index (χ1n) is 13.0. The number of nitrogens with one attached hydrogen (secondary N) is 1. The van der Waals surface area contributed by atoms with Crippen LogP contribution in [0.3, 0.4) is 0 Å². The van der Waals surface area contributed by atoms with Gasteiger partial charge in [0.2, 0.25) is 8.32 Å². The molecule has 37 heavy (non-hydrogen) atoms. The highest BCUT2D eigenvalue weighted by Gasteiger charge is 2.53. The number of hydrogen-bond donors (Lipinski definition) is 1. The van der Waals surface area contributed by atoms with Crippen molar-refractivity contribution >= 4 is 37.0 Å². The molecule has 0 unspecified atom stereocenters. The zero-order chi connectivity index (χ0) is 26.9. The highest BCUT2D eigenvalue weighted by atomic mass is 28.4. The number of imidazole rings is 1. The van der Waals surface area contributed by atoms with E-state index in [4.69, 9.17) is 9.16 Å². The Bertz CT molecular complexity index is 1240. The van der Waals surface area contributed by atoms with Gasteiger partial charge in [-0.3, -0.25) is 14.2 Å². The van der Waals surface area contributed by atoms with Crippen LogP contribution in [0.15, 0.2) is 43.0 Å². The zero-order valence-corrected chi connectivity index (χ0v) is 23.6. The maximum Gasteiger partial charge on any atom is 0.256 e. The van der Waals surface area contributed by atoms with E-state index in [0.717, 1.165) is 0 Å². The molecule has 1 aliphatic rings. The van der Waals surface area contributed by atoms with Gasteiger partial charge in [-0.2, -0.15) is 0 Å². The number of ether oxygens (including phenoxy) is 1. The van der Waals surface area contributed by atoms with E-state index in [1.807, 2.05) is 13.0 Å². The number of benzene rings is 1. The third-order valence-electron chi connectivity index (χ3n) is 7.47. The maximum atomic E-state index is 13.5. The maximum absolute atomic E-state index is 13.5. The summed E-state index contributed by atoms with van der Waals surface area (Å²) in [6, 6.07) is 8.90. The summed E-state index contributed by atoms with van der Waals surface area (Å²) in [7, 11) is -2.39. The molecule has 1 amide bonds. The number of hydrogen-bond acceptors (Lipinski definition) is 7. The van der Waals surface area contributed by atoms with Gasteiger partial charge in [0.05, 0.1) is 6.33 Å². The van der Waals surface area contributed by atoms with E-state index in [-0.39, 0.29) is 11.7 Å². The third kappa shape index (κ3) is 4.85. The molecule has 0 radical (unpaired) electrons. The van der Waals surface area contributed by atoms with E-state index in [9.17, 15) is 9.59 Å². The largest absolute Gasteiger partial charge is 0.402 e. The van der Waals surface area contributed by atoms with Gasteiger partial charge >= 0.3 is 0 Å². The summed E-state index contributed by atoms with van der Waals surface area (Å²) in [5.74, 6) is -0.0437. The molecule has 0 aliphatic carbocycles. The summed E-state index contributed by atoms with van der Waals surface area (Å²) < 4.78 is 15.0. The number of amides is 1. The Hall–Kier alpha value is -2.95. The summed E-state index contributed by atoms with van der Waals surface area (Å²) in [5, 5.41) is 2.83. The van der Waals surface area contributed by atoms with E-state index in [2.05, 4.69) is 61.8 Å². The highest BCUT2D eigenvalue weighted by Crippen LogP contribution is 2.46. The number of Topliss-reactive ketones (excluding diaryl/α,β-unsaturated/α-hetero) is 1. The molecule has 2 aromatic heterocycles. The molecular weight excluding hydrogens is 486 g/mol. The highest BCUT2D eigenvalue weighted by molar-refractivity contribution is 6.77. The summed E-state index contributed by atoms with van der Waals surface area (Å²) in [4.78, 5) is 39.5. The Morgan fingerprint density at radius 2 is 1.70 bits per heavy atom. The molecule has 1 fully saturated rings. The quantitative estimate of drug-likeness (QED) is 0.368. The minimum Gasteiger partial charge on any atom is -0.402 e. The van der Waals surface area contributed by atoms with Crippen LogP contribution in [-0.4, -0.2) is 51.7 Å². The molecule has 1 aliphatic heterocycles. The Morgan fingerprint density at radius 3 is 2.30 bits per heavy atom. The van der Waals surface area contributed by atoms with Crippen LogP contribution in [0.4, 0.5) is 5.82 Å². The number of rotatable bonds is 9. The standard InChI is InChI=1S/C27H37N5O4Si/c1-8-20-22(33)23(36-37(16(2)3,17(4)5)18(6)7)27(35-20)32-15-30-21-24(28-14-29-25(21)32)31-26(34)19-12-10-9-11-13-19/h9-18,20,23,27H,8H2,1-7H3,(H,28,29,31,34)/t20-,23-,27-/m1/s1. The molecule has 3 aromatic rings. The normalized spacial score (nSPS) is 20.5. The van der Waals surface area contributed by atoms with Crippen molar-refractivity contribution in [3.05, 3.63) is 48.5 Å². The van der Waals surface area contributed by atoms with Gasteiger partial charge in [0, 0.05) is 5.56 Å². The van der Waals surface area contributed by atoms with Crippen LogP contribution in [0, 0.1) is 0 Å². The molecule has 1 aromatic carbocycles. The molecule has 4 rings (SSSR count). The predicted molar refractivity (Wildman–Crippen MR) is 145 cm³/mol. The summed E-state index contributed by atoms with van der Waals surface area (Å²) in [6.45, 7) is 15.1. The molecule has 1 saturated heterocycles.